The molecule has 5 heteroatoms. The van der Waals surface area contributed by atoms with Crippen molar-refractivity contribution < 1.29 is 4.74 Å². The highest BCUT2D eigenvalue weighted by Gasteiger charge is 1.99. The molecule has 0 amide bonds. The lowest BCUT2D eigenvalue weighted by Crippen LogP contribution is -1.89. The van der Waals surface area contributed by atoms with Gasteiger partial charge in [0.15, 0.2) is 5.15 Å². The third kappa shape index (κ3) is 3.04. The van der Waals surface area contributed by atoms with Gasteiger partial charge in [-0.25, -0.2) is 0 Å². The van der Waals surface area contributed by atoms with Crippen LogP contribution in [0.1, 0.15) is 0 Å². The Kier molecular flexibility index (Phi) is 3.37. The van der Waals surface area contributed by atoms with Crippen LogP contribution >= 0.6 is 34.2 Å². The van der Waals surface area contributed by atoms with Crippen LogP contribution in [-0.2, 0) is 0 Å². The fourth-order valence-electron chi connectivity index (χ4n) is 0.998. The summed E-state index contributed by atoms with van der Waals surface area (Å²) in [5.41, 5.74) is 0. The fraction of sp³-hybridized carbons (Fsp3) is 0. The Morgan fingerprint density at radius 1 is 1.13 bits per heavy atom. The number of hydrogen-bond acceptors (Lipinski definition) is 3. The number of halogens is 2. The summed E-state index contributed by atoms with van der Waals surface area (Å²) in [6, 6.07) is 7.64. The quantitative estimate of drug-likeness (QED) is 0.789. The lowest BCUT2D eigenvalue weighted by atomic mass is 10.3. The smallest absolute Gasteiger partial charge is 0.239 e. The number of benzene rings is 1. The molecule has 1 aromatic carbocycles. The molecule has 76 valence electrons. The van der Waals surface area contributed by atoms with E-state index >= 15 is 0 Å². The third-order valence-electron chi connectivity index (χ3n) is 1.62. The Balaban J connectivity index is 2.18. The molecule has 3 nitrogen and oxygen atoms in total. The van der Waals surface area contributed by atoms with E-state index in [9.17, 15) is 0 Å². The van der Waals surface area contributed by atoms with Crippen LogP contribution in [0.3, 0.4) is 0 Å². The second-order valence-electron chi connectivity index (χ2n) is 2.74. The highest BCUT2D eigenvalue weighted by molar-refractivity contribution is 14.1. The predicted octanol–water partition coefficient (Wildman–Crippen LogP) is 3.53. The van der Waals surface area contributed by atoms with Crippen molar-refractivity contribution in [3.63, 3.8) is 0 Å². The van der Waals surface area contributed by atoms with Crippen molar-refractivity contribution in [2.45, 2.75) is 0 Å². The number of aromatic nitrogens is 2. The maximum Gasteiger partial charge on any atom is 0.239 e. The molecule has 2 rings (SSSR count). The van der Waals surface area contributed by atoms with Crippen molar-refractivity contribution in [3.05, 3.63) is 45.4 Å². The summed E-state index contributed by atoms with van der Waals surface area (Å²) in [5, 5.41) is 0.318. The summed E-state index contributed by atoms with van der Waals surface area (Å²) < 4.78 is 6.60. The monoisotopic (exact) mass is 332 g/mol. The molecule has 0 aliphatic carbocycles. The molecular formula is C10H6ClIN2O. The van der Waals surface area contributed by atoms with Gasteiger partial charge in [0.2, 0.25) is 5.88 Å². The number of nitrogens with zero attached hydrogens (tertiary/aromatic N) is 2. The maximum absolute atomic E-state index is 5.68. The van der Waals surface area contributed by atoms with Crippen molar-refractivity contribution in [3.8, 4) is 11.6 Å². The molecule has 0 radical (unpaired) electrons. The molecule has 0 saturated heterocycles. The molecule has 0 N–H and O–H groups in total. The molecule has 0 unspecified atom stereocenters. The summed E-state index contributed by atoms with van der Waals surface area (Å²) in [6.45, 7) is 0. The third-order valence-corrected chi connectivity index (χ3v) is 2.52. The van der Waals surface area contributed by atoms with Crippen molar-refractivity contribution >= 4 is 34.2 Å². The number of ether oxygens (including phenoxy) is 1. The molecule has 0 spiro atoms. The standard InChI is InChI=1S/C10H6ClIN2O/c11-9-5-13-6-10(14-9)15-8-3-1-7(12)2-4-8/h1-6H. The largest absolute Gasteiger partial charge is 0.437 e. The summed E-state index contributed by atoms with van der Waals surface area (Å²) in [5.74, 6) is 1.11. The average molecular weight is 333 g/mol. The highest BCUT2D eigenvalue weighted by atomic mass is 127. The number of rotatable bonds is 2. The average Bonchev–Trinajstić information content (AvgIpc) is 2.22. The molecule has 0 aliphatic heterocycles. The molecule has 0 aliphatic rings. The first-order chi connectivity index (χ1) is 7.24. The van der Waals surface area contributed by atoms with E-state index in [0.29, 0.717) is 16.8 Å². The Bertz CT molecular complexity index is 461. The van der Waals surface area contributed by atoms with Gasteiger partial charge in [0.25, 0.3) is 0 Å². The Hall–Kier alpha value is -0.880. The molecule has 0 bridgehead atoms. The zero-order valence-electron chi connectivity index (χ0n) is 7.52. The highest BCUT2D eigenvalue weighted by Crippen LogP contribution is 2.20. The van der Waals surface area contributed by atoms with Gasteiger partial charge in [0.05, 0.1) is 12.4 Å². The van der Waals surface area contributed by atoms with E-state index in [0.717, 1.165) is 3.57 Å². The van der Waals surface area contributed by atoms with Crippen LogP contribution in [0.15, 0.2) is 36.7 Å². The Labute approximate surface area is 106 Å². The van der Waals surface area contributed by atoms with E-state index in [1.165, 1.54) is 12.4 Å². The second kappa shape index (κ2) is 4.76. The van der Waals surface area contributed by atoms with Crippen molar-refractivity contribution in [2.75, 3.05) is 0 Å². The minimum Gasteiger partial charge on any atom is -0.437 e. The van der Waals surface area contributed by atoms with Gasteiger partial charge < -0.3 is 4.74 Å². The van der Waals surface area contributed by atoms with Crippen molar-refractivity contribution in [2.24, 2.45) is 0 Å². The zero-order chi connectivity index (χ0) is 10.7. The van der Waals surface area contributed by atoms with Gasteiger partial charge in [-0.1, -0.05) is 11.6 Å². The van der Waals surface area contributed by atoms with Crippen LogP contribution in [0.2, 0.25) is 5.15 Å². The minimum atomic E-state index is 0.318. The first-order valence-corrected chi connectivity index (χ1v) is 5.61. The molecule has 2 aromatic rings. The molecule has 0 fully saturated rings. The summed E-state index contributed by atoms with van der Waals surface area (Å²) in [7, 11) is 0. The molecule has 1 aromatic heterocycles. The normalized spacial score (nSPS) is 10.0. The van der Waals surface area contributed by atoms with Crippen LogP contribution in [-0.4, -0.2) is 9.97 Å². The van der Waals surface area contributed by atoms with Crippen molar-refractivity contribution in [1.29, 1.82) is 0 Å². The van der Waals surface area contributed by atoms with E-state index in [2.05, 4.69) is 32.6 Å². The zero-order valence-corrected chi connectivity index (χ0v) is 10.4. The van der Waals surface area contributed by atoms with E-state index in [-0.39, 0.29) is 0 Å². The predicted molar refractivity (Wildman–Crippen MR) is 66.3 cm³/mol. The topological polar surface area (TPSA) is 35.0 Å². The van der Waals surface area contributed by atoms with Crippen LogP contribution in [0.5, 0.6) is 11.6 Å². The van der Waals surface area contributed by atoms with Gasteiger partial charge >= 0.3 is 0 Å². The van der Waals surface area contributed by atoms with E-state index in [1.807, 2.05) is 24.3 Å². The minimum absolute atomic E-state index is 0.318. The van der Waals surface area contributed by atoms with Crippen molar-refractivity contribution in [1.82, 2.24) is 9.97 Å². The summed E-state index contributed by atoms with van der Waals surface area (Å²) >= 11 is 7.91. The lowest BCUT2D eigenvalue weighted by Gasteiger charge is -2.03. The van der Waals surface area contributed by atoms with Gasteiger partial charge in [-0.15, -0.1) is 0 Å². The van der Waals surface area contributed by atoms with Gasteiger partial charge in [-0.3, -0.25) is 4.98 Å². The number of hydrogen-bond donors (Lipinski definition) is 0. The lowest BCUT2D eigenvalue weighted by molar-refractivity contribution is 0.460. The molecular weight excluding hydrogens is 326 g/mol. The first kappa shape index (κ1) is 10.6. The van der Waals surface area contributed by atoms with Crippen LogP contribution in [0.25, 0.3) is 0 Å². The fourth-order valence-corrected chi connectivity index (χ4v) is 1.50. The Morgan fingerprint density at radius 2 is 1.87 bits per heavy atom. The summed E-state index contributed by atoms with van der Waals surface area (Å²) in [4.78, 5) is 7.85. The van der Waals surface area contributed by atoms with Gasteiger partial charge in [0, 0.05) is 3.57 Å². The summed E-state index contributed by atoms with van der Waals surface area (Å²) in [6.07, 6.45) is 2.98. The van der Waals surface area contributed by atoms with Gasteiger partial charge in [0.1, 0.15) is 5.75 Å². The van der Waals surface area contributed by atoms with Crippen LogP contribution in [0, 0.1) is 3.57 Å². The van der Waals surface area contributed by atoms with Crippen LogP contribution < -0.4 is 4.74 Å². The van der Waals surface area contributed by atoms with E-state index in [1.54, 1.807) is 0 Å². The first-order valence-electron chi connectivity index (χ1n) is 4.15. The second-order valence-corrected chi connectivity index (χ2v) is 4.37. The van der Waals surface area contributed by atoms with Gasteiger partial charge in [-0.05, 0) is 46.9 Å². The maximum atomic E-state index is 5.68. The van der Waals surface area contributed by atoms with Crippen LogP contribution in [0.4, 0.5) is 0 Å². The molecule has 0 saturated carbocycles. The van der Waals surface area contributed by atoms with Gasteiger partial charge in [-0.2, -0.15) is 4.98 Å². The molecule has 15 heavy (non-hydrogen) atoms. The molecule has 0 atom stereocenters. The Morgan fingerprint density at radius 3 is 2.53 bits per heavy atom. The van der Waals surface area contributed by atoms with E-state index in [4.69, 9.17) is 16.3 Å². The molecule has 1 heterocycles. The van der Waals surface area contributed by atoms with E-state index < -0.39 is 0 Å². The SMILES string of the molecule is Clc1cncc(Oc2ccc(I)cc2)n1.